The van der Waals surface area contributed by atoms with Crippen LogP contribution in [0.15, 0.2) is 18.7 Å². The van der Waals surface area contributed by atoms with E-state index in [1.54, 1.807) is 12.5 Å². The maximum Gasteiger partial charge on any atom is 0.240 e. The van der Waals surface area contributed by atoms with E-state index in [4.69, 9.17) is 5.73 Å². The van der Waals surface area contributed by atoms with Crippen molar-refractivity contribution in [1.82, 2.24) is 14.9 Å². The molecule has 1 aromatic rings. The van der Waals surface area contributed by atoms with Crippen molar-refractivity contribution in [2.75, 3.05) is 6.54 Å². The normalized spacial score (nSPS) is 19.7. The summed E-state index contributed by atoms with van der Waals surface area (Å²) >= 11 is 0. The van der Waals surface area contributed by atoms with Gasteiger partial charge in [-0.15, -0.1) is 0 Å². The third-order valence-corrected chi connectivity index (χ3v) is 3.64. The van der Waals surface area contributed by atoms with E-state index in [2.05, 4.69) is 17.2 Å². The summed E-state index contributed by atoms with van der Waals surface area (Å²) in [5.74, 6) is 0.380. The summed E-state index contributed by atoms with van der Waals surface area (Å²) in [6.45, 7) is 3.63. The van der Waals surface area contributed by atoms with Gasteiger partial charge in [0, 0.05) is 25.5 Å². The van der Waals surface area contributed by atoms with E-state index in [1.807, 2.05) is 10.8 Å². The molecule has 1 amide bonds. The minimum atomic E-state index is -0.616. The zero-order valence-corrected chi connectivity index (χ0v) is 10.9. The van der Waals surface area contributed by atoms with Crippen LogP contribution in [0.3, 0.4) is 0 Å². The summed E-state index contributed by atoms with van der Waals surface area (Å²) < 4.78 is 2.02. The predicted molar refractivity (Wildman–Crippen MR) is 69.8 cm³/mol. The molecule has 0 bridgehead atoms. The molecule has 1 heterocycles. The second kappa shape index (κ2) is 5.52. The van der Waals surface area contributed by atoms with Crippen molar-refractivity contribution in [3.8, 4) is 0 Å². The number of hydrogen-bond acceptors (Lipinski definition) is 3. The van der Waals surface area contributed by atoms with Crippen molar-refractivity contribution in [3.05, 3.63) is 18.7 Å². The first-order valence-electron chi connectivity index (χ1n) is 6.63. The second-order valence-corrected chi connectivity index (χ2v) is 5.44. The van der Waals surface area contributed by atoms with Crippen LogP contribution in [0.25, 0.3) is 0 Å². The number of carbonyl (C=O) groups excluding carboxylic acids is 1. The Morgan fingerprint density at radius 3 is 2.89 bits per heavy atom. The molecule has 1 unspecified atom stereocenters. The number of nitrogens with two attached hydrogens (primary N) is 1. The average molecular weight is 250 g/mol. The molecular weight excluding hydrogens is 228 g/mol. The molecule has 0 spiro atoms. The number of aromatic nitrogens is 2. The molecule has 2 rings (SSSR count). The predicted octanol–water partition coefficient (Wildman–Crippen LogP) is 0.907. The van der Waals surface area contributed by atoms with Crippen LogP contribution in [0.2, 0.25) is 0 Å². The Balaban J connectivity index is 1.75. The Morgan fingerprint density at radius 2 is 2.28 bits per heavy atom. The van der Waals surface area contributed by atoms with Crippen LogP contribution in [0, 0.1) is 5.92 Å². The lowest BCUT2D eigenvalue weighted by atomic mass is 9.98. The number of amides is 1. The number of nitrogens with one attached hydrogen (secondary N) is 1. The summed E-state index contributed by atoms with van der Waals surface area (Å²) in [4.78, 5) is 16.0. The van der Waals surface area contributed by atoms with Crippen LogP contribution in [-0.4, -0.2) is 27.5 Å². The quantitative estimate of drug-likeness (QED) is 0.815. The summed E-state index contributed by atoms with van der Waals surface area (Å²) in [6.07, 6.45) is 9.24. The first kappa shape index (κ1) is 13.1. The zero-order valence-electron chi connectivity index (χ0n) is 10.9. The van der Waals surface area contributed by atoms with Gasteiger partial charge in [0.2, 0.25) is 5.91 Å². The first-order valence-corrected chi connectivity index (χ1v) is 6.63. The fourth-order valence-electron chi connectivity index (χ4n) is 2.50. The number of hydrogen-bond donors (Lipinski definition) is 2. The molecule has 0 aromatic carbocycles. The van der Waals surface area contributed by atoms with E-state index in [0.29, 0.717) is 12.5 Å². The van der Waals surface area contributed by atoms with Crippen LogP contribution < -0.4 is 11.1 Å². The lowest BCUT2D eigenvalue weighted by molar-refractivity contribution is -0.126. The van der Waals surface area contributed by atoms with Crippen molar-refractivity contribution < 1.29 is 4.79 Å². The molecule has 1 aromatic heterocycles. The fraction of sp³-hybridized carbons (Fsp3) is 0.692. The van der Waals surface area contributed by atoms with Gasteiger partial charge in [-0.3, -0.25) is 4.79 Å². The number of carbonyl (C=O) groups is 1. The topological polar surface area (TPSA) is 72.9 Å². The summed E-state index contributed by atoms with van der Waals surface area (Å²) in [5.41, 5.74) is 5.48. The van der Waals surface area contributed by atoms with E-state index in [0.717, 1.165) is 32.2 Å². The minimum Gasteiger partial charge on any atom is -0.354 e. The van der Waals surface area contributed by atoms with Crippen molar-refractivity contribution in [2.45, 2.75) is 44.7 Å². The Kier molecular flexibility index (Phi) is 4.01. The van der Waals surface area contributed by atoms with E-state index in [9.17, 15) is 4.79 Å². The Labute approximate surface area is 108 Å². The lowest BCUT2D eigenvalue weighted by Crippen LogP contribution is -2.52. The molecule has 1 fully saturated rings. The van der Waals surface area contributed by atoms with E-state index in [-0.39, 0.29) is 5.91 Å². The highest BCUT2D eigenvalue weighted by Crippen LogP contribution is 2.27. The van der Waals surface area contributed by atoms with Crippen molar-refractivity contribution >= 4 is 5.91 Å². The van der Waals surface area contributed by atoms with Gasteiger partial charge in [-0.1, -0.05) is 19.8 Å². The number of rotatable bonds is 5. The molecule has 100 valence electrons. The van der Waals surface area contributed by atoms with Gasteiger partial charge in [0.1, 0.15) is 0 Å². The van der Waals surface area contributed by atoms with Gasteiger partial charge in [0.25, 0.3) is 0 Å². The van der Waals surface area contributed by atoms with Crippen LogP contribution in [0.4, 0.5) is 0 Å². The summed E-state index contributed by atoms with van der Waals surface area (Å²) in [5, 5.41) is 2.98. The monoisotopic (exact) mass is 250 g/mol. The Hall–Kier alpha value is -1.36. The second-order valence-electron chi connectivity index (χ2n) is 5.44. The van der Waals surface area contributed by atoms with Gasteiger partial charge in [-0.2, -0.15) is 0 Å². The van der Waals surface area contributed by atoms with Crippen molar-refractivity contribution in [2.24, 2.45) is 11.7 Å². The number of nitrogens with zero attached hydrogens (tertiary/aromatic N) is 2. The van der Waals surface area contributed by atoms with Crippen molar-refractivity contribution in [3.63, 3.8) is 0 Å². The smallest absolute Gasteiger partial charge is 0.240 e. The summed E-state index contributed by atoms with van der Waals surface area (Å²) in [6, 6.07) is 0. The minimum absolute atomic E-state index is 0.0116. The molecule has 5 nitrogen and oxygen atoms in total. The number of imidazole rings is 1. The van der Waals surface area contributed by atoms with Gasteiger partial charge < -0.3 is 15.6 Å². The van der Waals surface area contributed by atoms with Gasteiger partial charge in [0.05, 0.1) is 11.9 Å². The standard InChI is InChI=1S/C13H22N4O/c1-11(9-17-7-6-15-10-17)8-16-12(18)13(14)4-2-3-5-13/h6-7,10-11H,2-5,8-9,14H2,1H3,(H,16,18). The molecule has 0 aliphatic heterocycles. The molecule has 1 saturated carbocycles. The SMILES string of the molecule is CC(CNC(=O)C1(N)CCCC1)Cn1ccnc1. The molecule has 0 radical (unpaired) electrons. The summed E-state index contributed by atoms with van der Waals surface area (Å²) in [7, 11) is 0. The largest absolute Gasteiger partial charge is 0.354 e. The van der Waals surface area contributed by atoms with E-state index < -0.39 is 5.54 Å². The highest BCUT2D eigenvalue weighted by Gasteiger charge is 2.36. The van der Waals surface area contributed by atoms with Gasteiger partial charge >= 0.3 is 0 Å². The Morgan fingerprint density at radius 1 is 1.56 bits per heavy atom. The zero-order chi connectivity index (χ0) is 13.0. The van der Waals surface area contributed by atoms with Crippen LogP contribution in [-0.2, 0) is 11.3 Å². The maximum absolute atomic E-state index is 12.0. The van der Waals surface area contributed by atoms with E-state index >= 15 is 0 Å². The van der Waals surface area contributed by atoms with Crippen molar-refractivity contribution in [1.29, 1.82) is 0 Å². The molecular formula is C13H22N4O. The van der Waals surface area contributed by atoms with E-state index in [1.165, 1.54) is 0 Å². The highest BCUT2D eigenvalue weighted by atomic mass is 16.2. The van der Waals surface area contributed by atoms with Crippen LogP contribution in [0.5, 0.6) is 0 Å². The molecule has 3 N–H and O–H groups in total. The lowest BCUT2D eigenvalue weighted by Gasteiger charge is -2.23. The van der Waals surface area contributed by atoms with Crippen LogP contribution >= 0.6 is 0 Å². The maximum atomic E-state index is 12.0. The molecule has 5 heteroatoms. The van der Waals surface area contributed by atoms with Crippen LogP contribution in [0.1, 0.15) is 32.6 Å². The third kappa shape index (κ3) is 3.10. The molecule has 1 atom stereocenters. The molecule has 18 heavy (non-hydrogen) atoms. The first-order chi connectivity index (χ1) is 8.60. The third-order valence-electron chi connectivity index (χ3n) is 3.64. The molecule has 1 aliphatic rings. The van der Waals surface area contributed by atoms with Gasteiger partial charge in [-0.25, -0.2) is 4.98 Å². The Bertz CT molecular complexity index is 382. The molecule has 0 saturated heterocycles. The van der Waals surface area contributed by atoms with Gasteiger partial charge in [0.15, 0.2) is 0 Å². The highest BCUT2D eigenvalue weighted by molar-refractivity contribution is 5.86. The average Bonchev–Trinajstić information content (AvgIpc) is 2.98. The fourth-order valence-corrected chi connectivity index (χ4v) is 2.50. The molecule has 1 aliphatic carbocycles. The van der Waals surface area contributed by atoms with Gasteiger partial charge in [-0.05, 0) is 18.8 Å².